The Labute approximate surface area is 123 Å². The van der Waals surface area contributed by atoms with Crippen molar-refractivity contribution in [1.82, 2.24) is 4.98 Å². The van der Waals surface area contributed by atoms with Gasteiger partial charge in [0.15, 0.2) is 5.76 Å². The maximum Gasteiger partial charge on any atom is 0.274 e. The summed E-state index contributed by atoms with van der Waals surface area (Å²) in [6.45, 7) is 0. The van der Waals surface area contributed by atoms with E-state index in [1.54, 1.807) is 13.3 Å². The molecule has 0 amide bonds. The second kappa shape index (κ2) is 5.98. The van der Waals surface area contributed by atoms with Crippen LogP contribution in [-0.2, 0) is 0 Å². The highest BCUT2D eigenvalue weighted by Gasteiger charge is 2.04. The van der Waals surface area contributed by atoms with Crippen LogP contribution in [0.3, 0.4) is 0 Å². The molecule has 0 unspecified atom stereocenters. The molecule has 0 aliphatic rings. The number of ether oxygens (including phenoxy) is 1. The summed E-state index contributed by atoms with van der Waals surface area (Å²) in [4.78, 5) is 4.18. The molecule has 0 saturated carbocycles. The van der Waals surface area contributed by atoms with Crippen molar-refractivity contribution in [3.8, 4) is 28.9 Å². The van der Waals surface area contributed by atoms with Gasteiger partial charge in [-0.25, -0.2) is 4.98 Å². The van der Waals surface area contributed by atoms with Crippen molar-refractivity contribution in [2.24, 2.45) is 0 Å². The zero-order valence-electron chi connectivity index (χ0n) is 11.5. The fourth-order valence-electron chi connectivity index (χ4n) is 1.87. The molecule has 1 aromatic heterocycles. The lowest BCUT2D eigenvalue weighted by Crippen LogP contribution is -1.81. The first-order chi connectivity index (χ1) is 10.3. The predicted molar refractivity (Wildman–Crippen MR) is 80.9 cm³/mol. The lowest BCUT2D eigenvalue weighted by Gasteiger charge is -1.99. The van der Waals surface area contributed by atoms with Crippen molar-refractivity contribution in [3.05, 3.63) is 72.2 Å². The molecule has 102 valence electrons. The Kier molecular flexibility index (Phi) is 3.70. The topological polar surface area (TPSA) is 35.3 Å². The maximum absolute atomic E-state index is 5.64. The van der Waals surface area contributed by atoms with Crippen molar-refractivity contribution in [3.63, 3.8) is 0 Å². The first-order valence-corrected chi connectivity index (χ1v) is 6.52. The SMILES string of the molecule is COc1ccc(-c2cnc(C#Cc3ccccc3)o2)cc1. The van der Waals surface area contributed by atoms with Crippen molar-refractivity contribution in [1.29, 1.82) is 0 Å². The van der Waals surface area contributed by atoms with Gasteiger partial charge < -0.3 is 9.15 Å². The molecule has 3 aromatic rings. The molecular formula is C18H13NO2. The van der Waals surface area contributed by atoms with Crippen LogP contribution >= 0.6 is 0 Å². The third-order valence-corrected chi connectivity index (χ3v) is 2.97. The third-order valence-electron chi connectivity index (χ3n) is 2.97. The van der Waals surface area contributed by atoms with Gasteiger partial charge in [-0.1, -0.05) is 24.1 Å². The van der Waals surface area contributed by atoms with Crippen LogP contribution in [0, 0.1) is 11.8 Å². The molecule has 0 aliphatic carbocycles. The molecule has 3 nitrogen and oxygen atoms in total. The van der Waals surface area contributed by atoms with E-state index in [0.29, 0.717) is 11.7 Å². The number of aromatic nitrogens is 1. The summed E-state index contributed by atoms with van der Waals surface area (Å²) < 4.78 is 10.8. The average Bonchev–Trinajstić information content (AvgIpc) is 3.03. The van der Waals surface area contributed by atoms with Crippen LogP contribution in [0.1, 0.15) is 11.5 Å². The number of hydrogen-bond donors (Lipinski definition) is 0. The van der Waals surface area contributed by atoms with E-state index in [-0.39, 0.29) is 0 Å². The second-order valence-corrected chi connectivity index (χ2v) is 4.37. The van der Waals surface area contributed by atoms with Crippen LogP contribution < -0.4 is 4.74 Å². The first kappa shape index (κ1) is 13.0. The average molecular weight is 275 g/mol. The monoisotopic (exact) mass is 275 g/mol. The maximum atomic E-state index is 5.64. The lowest BCUT2D eigenvalue weighted by molar-refractivity contribution is 0.415. The Morgan fingerprint density at radius 2 is 1.71 bits per heavy atom. The van der Waals surface area contributed by atoms with Crippen LogP contribution in [0.15, 0.2) is 65.2 Å². The number of methoxy groups -OCH3 is 1. The van der Waals surface area contributed by atoms with Gasteiger partial charge in [0, 0.05) is 11.1 Å². The quantitative estimate of drug-likeness (QED) is 0.668. The van der Waals surface area contributed by atoms with Gasteiger partial charge in [-0.3, -0.25) is 0 Å². The number of oxazole rings is 1. The normalized spacial score (nSPS) is 9.76. The standard InChI is InChI=1S/C18H13NO2/c1-20-16-10-8-15(9-11-16)17-13-19-18(21-17)12-7-14-5-3-2-4-6-14/h2-6,8-11,13H,1H3. The number of benzene rings is 2. The van der Waals surface area contributed by atoms with E-state index in [1.807, 2.05) is 54.6 Å². The first-order valence-electron chi connectivity index (χ1n) is 6.52. The van der Waals surface area contributed by atoms with Crippen LogP contribution in [0.5, 0.6) is 5.75 Å². The third kappa shape index (κ3) is 3.13. The van der Waals surface area contributed by atoms with E-state index in [4.69, 9.17) is 9.15 Å². The Morgan fingerprint density at radius 3 is 2.43 bits per heavy atom. The van der Waals surface area contributed by atoms with E-state index in [9.17, 15) is 0 Å². The fourth-order valence-corrected chi connectivity index (χ4v) is 1.87. The predicted octanol–water partition coefficient (Wildman–Crippen LogP) is 3.75. The van der Waals surface area contributed by atoms with Crippen LogP contribution in [-0.4, -0.2) is 12.1 Å². The van der Waals surface area contributed by atoms with E-state index in [2.05, 4.69) is 16.8 Å². The minimum atomic E-state index is 0.407. The Bertz CT molecular complexity index is 777. The van der Waals surface area contributed by atoms with Crippen LogP contribution in [0.25, 0.3) is 11.3 Å². The lowest BCUT2D eigenvalue weighted by atomic mass is 10.2. The molecule has 3 rings (SSSR count). The van der Waals surface area contributed by atoms with Gasteiger partial charge in [0.25, 0.3) is 5.89 Å². The molecule has 3 heteroatoms. The van der Waals surface area contributed by atoms with Crippen LogP contribution in [0.2, 0.25) is 0 Å². The Balaban J connectivity index is 1.81. The molecular weight excluding hydrogens is 262 g/mol. The van der Waals surface area contributed by atoms with Crippen LogP contribution in [0.4, 0.5) is 0 Å². The number of nitrogens with zero attached hydrogens (tertiary/aromatic N) is 1. The summed E-state index contributed by atoms with van der Waals surface area (Å²) in [5, 5.41) is 0. The van der Waals surface area contributed by atoms with Gasteiger partial charge in [-0.05, 0) is 42.3 Å². The van der Waals surface area contributed by atoms with E-state index >= 15 is 0 Å². The summed E-state index contributed by atoms with van der Waals surface area (Å²) in [5.41, 5.74) is 1.87. The van der Waals surface area contributed by atoms with Crippen molar-refractivity contribution in [2.45, 2.75) is 0 Å². The Morgan fingerprint density at radius 1 is 0.952 bits per heavy atom. The molecule has 0 saturated heterocycles. The summed E-state index contributed by atoms with van der Waals surface area (Å²) in [6.07, 6.45) is 1.68. The summed E-state index contributed by atoms with van der Waals surface area (Å²) >= 11 is 0. The highest BCUT2D eigenvalue weighted by atomic mass is 16.5. The molecule has 0 fully saturated rings. The molecule has 0 aliphatic heterocycles. The minimum absolute atomic E-state index is 0.407. The molecule has 0 spiro atoms. The minimum Gasteiger partial charge on any atom is -0.497 e. The highest BCUT2D eigenvalue weighted by molar-refractivity contribution is 5.58. The van der Waals surface area contributed by atoms with Crippen molar-refractivity contribution >= 4 is 0 Å². The van der Waals surface area contributed by atoms with E-state index < -0.39 is 0 Å². The zero-order valence-corrected chi connectivity index (χ0v) is 11.5. The summed E-state index contributed by atoms with van der Waals surface area (Å²) in [7, 11) is 1.64. The molecule has 1 heterocycles. The van der Waals surface area contributed by atoms with Gasteiger partial charge in [-0.15, -0.1) is 0 Å². The van der Waals surface area contributed by atoms with E-state index in [1.165, 1.54) is 0 Å². The fraction of sp³-hybridized carbons (Fsp3) is 0.0556. The van der Waals surface area contributed by atoms with Gasteiger partial charge in [0.2, 0.25) is 0 Å². The largest absolute Gasteiger partial charge is 0.497 e. The van der Waals surface area contributed by atoms with Gasteiger partial charge >= 0.3 is 0 Å². The van der Waals surface area contributed by atoms with Gasteiger partial charge in [0.1, 0.15) is 5.75 Å². The summed E-state index contributed by atoms with van der Waals surface area (Å²) in [5.74, 6) is 7.84. The Hall–Kier alpha value is -2.99. The van der Waals surface area contributed by atoms with Crippen molar-refractivity contribution in [2.75, 3.05) is 7.11 Å². The number of rotatable bonds is 2. The molecule has 0 bridgehead atoms. The molecule has 0 N–H and O–H groups in total. The van der Waals surface area contributed by atoms with Gasteiger partial charge in [0.05, 0.1) is 13.3 Å². The van der Waals surface area contributed by atoms with E-state index in [0.717, 1.165) is 16.9 Å². The molecule has 21 heavy (non-hydrogen) atoms. The molecule has 0 atom stereocenters. The second-order valence-electron chi connectivity index (χ2n) is 4.37. The zero-order chi connectivity index (χ0) is 14.5. The van der Waals surface area contributed by atoms with Gasteiger partial charge in [-0.2, -0.15) is 0 Å². The van der Waals surface area contributed by atoms with Crippen molar-refractivity contribution < 1.29 is 9.15 Å². The molecule has 0 radical (unpaired) electrons. The number of hydrogen-bond acceptors (Lipinski definition) is 3. The highest BCUT2D eigenvalue weighted by Crippen LogP contribution is 2.22. The summed E-state index contributed by atoms with van der Waals surface area (Å²) in [6, 6.07) is 17.4. The molecule has 2 aromatic carbocycles. The smallest absolute Gasteiger partial charge is 0.274 e.